The summed E-state index contributed by atoms with van der Waals surface area (Å²) < 4.78 is 19.1. The molecular weight excluding hydrogens is 1590 g/mol. The first-order valence-corrected chi connectivity index (χ1v) is 45.0. The van der Waals surface area contributed by atoms with Gasteiger partial charge >= 0.3 is 0 Å². The first kappa shape index (κ1) is 75.1. The molecule has 0 saturated heterocycles. The molecule has 0 aliphatic carbocycles. The Labute approximate surface area is 754 Å². The van der Waals surface area contributed by atoms with Gasteiger partial charge in [-0.25, -0.2) is 0 Å². The Morgan fingerprint density at radius 3 is 0.725 bits per heavy atom. The maximum absolute atomic E-state index is 6.37. The molecule has 0 amide bonds. The van der Waals surface area contributed by atoms with Crippen molar-refractivity contribution in [2.45, 2.75) is 0 Å². The minimum Gasteiger partial charge on any atom is -0.456 e. The van der Waals surface area contributed by atoms with E-state index >= 15 is 0 Å². The van der Waals surface area contributed by atoms with E-state index in [1.165, 1.54) is 208 Å². The summed E-state index contributed by atoms with van der Waals surface area (Å²) in [4.78, 5) is 0. The standard InChI is InChI=1S/C46H28O.C42H26O.C40H24O/c1-2-10-32-25-35(22-19-29(32)9-1)30-17-20-31(21-18-30)45-37-13-5-7-15-39(37)46(40-16-8-6-14-38(40)45)36-23-24-43-41(27-36)42-26-33-11-3-4-12-34(33)28-44(42)47-43;1-2-11-27(12-3-1)28-15-10-16-31(23-28)41-33-17-6-8-19-35(33)42(36-20-9-7-18-34(36)41)32-21-22-39-37(25-32)38-24-29-13-4-5-14-30(29)26-40(38)43-39;1-2-12-27-24-38-36(22-26(27)11-1)35-23-28(20-21-37(35)41-38)39-31-15-5-7-17-33(31)40(34-18-8-6-16-32(34)39)30-19-9-13-25-10-3-4-14-29(25)30/h1-28H;1-26H;1-24H. The van der Waals surface area contributed by atoms with E-state index in [0.717, 1.165) is 65.8 Å². The van der Waals surface area contributed by atoms with Gasteiger partial charge in [-0.3, -0.25) is 0 Å². The summed E-state index contributed by atoms with van der Waals surface area (Å²) in [6.45, 7) is 0. The van der Waals surface area contributed by atoms with Crippen molar-refractivity contribution in [1.82, 2.24) is 0 Å². The highest BCUT2D eigenvalue weighted by Crippen LogP contribution is 2.51. The van der Waals surface area contributed by atoms with Crippen molar-refractivity contribution < 1.29 is 13.3 Å². The van der Waals surface area contributed by atoms with Crippen molar-refractivity contribution in [2.24, 2.45) is 0 Å². The molecule has 0 saturated carbocycles. The van der Waals surface area contributed by atoms with Gasteiger partial charge in [0.25, 0.3) is 0 Å². The fraction of sp³-hybridized carbons (Fsp3) is 0. The molecule has 0 aliphatic rings. The van der Waals surface area contributed by atoms with Crippen LogP contribution in [-0.4, -0.2) is 0 Å². The van der Waals surface area contributed by atoms with Gasteiger partial charge in [-0.05, 0) is 292 Å². The van der Waals surface area contributed by atoms with Gasteiger partial charge < -0.3 is 13.3 Å². The molecule has 0 unspecified atom stereocenters. The molecule has 3 heterocycles. The van der Waals surface area contributed by atoms with E-state index in [9.17, 15) is 0 Å². The normalized spacial score (nSPS) is 11.8. The quantitative estimate of drug-likeness (QED) is 0.142. The van der Waals surface area contributed by atoms with Gasteiger partial charge in [0.1, 0.15) is 33.5 Å². The van der Waals surface area contributed by atoms with E-state index in [0.29, 0.717) is 0 Å². The molecule has 0 N–H and O–H groups in total. The van der Waals surface area contributed by atoms with Crippen LogP contribution in [0.2, 0.25) is 0 Å². The Hall–Kier alpha value is -17.2. The number of rotatable bonds is 8. The molecule has 25 aromatic carbocycles. The lowest BCUT2D eigenvalue weighted by atomic mass is 9.84. The molecule has 28 aromatic rings. The van der Waals surface area contributed by atoms with Gasteiger partial charge in [-0.1, -0.05) is 388 Å². The third-order valence-corrected chi connectivity index (χ3v) is 27.2. The molecule has 3 nitrogen and oxygen atoms in total. The van der Waals surface area contributed by atoms with Crippen LogP contribution in [0, 0.1) is 0 Å². The minimum absolute atomic E-state index is 0.913. The summed E-state index contributed by atoms with van der Waals surface area (Å²) in [7, 11) is 0. The second-order valence-electron chi connectivity index (χ2n) is 34.7. The SMILES string of the molecule is c1ccc(-c2cccc(-c3c4ccccc4c(-c4ccc5oc6cc7ccccc7cc6c5c4)c4ccccc34)c2)cc1.c1ccc2cc(-c3ccc(-c4c5ccccc5c(-c5ccc6oc7cc8ccccc8cc7c6c5)c5ccccc45)cc3)ccc2c1.c1ccc2cc3c(cc2c1)oc1ccc(-c2c4ccccc4c(-c4cccc5ccccc45)c4ccccc24)cc13. The summed E-state index contributed by atoms with van der Waals surface area (Å²) in [5, 5.41) is 34.2. The molecule has 0 aliphatic heterocycles. The highest BCUT2D eigenvalue weighted by atomic mass is 16.3. The fourth-order valence-electron chi connectivity index (χ4n) is 21.2. The highest BCUT2D eigenvalue weighted by Gasteiger charge is 2.25. The van der Waals surface area contributed by atoms with Crippen LogP contribution < -0.4 is 0 Å². The molecule has 3 aromatic heterocycles. The van der Waals surface area contributed by atoms with Crippen molar-refractivity contribution in [1.29, 1.82) is 0 Å². The highest BCUT2D eigenvalue weighted by molar-refractivity contribution is 6.27. The van der Waals surface area contributed by atoms with Gasteiger partial charge in [-0.2, -0.15) is 0 Å². The zero-order valence-electron chi connectivity index (χ0n) is 71.3. The van der Waals surface area contributed by atoms with E-state index in [1.807, 2.05) is 0 Å². The molecule has 131 heavy (non-hydrogen) atoms. The summed E-state index contributed by atoms with van der Waals surface area (Å²) in [5.74, 6) is 0. The predicted molar refractivity (Wildman–Crippen MR) is 557 cm³/mol. The molecule has 0 bridgehead atoms. The molecule has 0 atom stereocenters. The lowest BCUT2D eigenvalue weighted by Gasteiger charge is -2.18. The zero-order chi connectivity index (χ0) is 86.1. The number of hydrogen-bond acceptors (Lipinski definition) is 3. The average Bonchev–Trinajstić information content (AvgIpc) is 1.54. The smallest absolute Gasteiger partial charge is 0.136 e. The average molecular weight is 1660 g/mol. The van der Waals surface area contributed by atoms with Gasteiger partial charge in [0, 0.05) is 32.3 Å². The first-order chi connectivity index (χ1) is 64.9. The molecular formula is C128H78O3. The number of furan rings is 3. The first-order valence-electron chi connectivity index (χ1n) is 45.0. The monoisotopic (exact) mass is 1660 g/mol. The van der Waals surface area contributed by atoms with Crippen molar-refractivity contribution >= 4 is 184 Å². The van der Waals surface area contributed by atoms with E-state index in [2.05, 4.69) is 473 Å². The second kappa shape index (κ2) is 30.8. The summed E-state index contributed by atoms with van der Waals surface area (Å²) in [6.07, 6.45) is 0. The van der Waals surface area contributed by atoms with Crippen LogP contribution in [0.5, 0.6) is 0 Å². The lowest BCUT2D eigenvalue weighted by Crippen LogP contribution is -1.91. The van der Waals surface area contributed by atoms with Gasteiger partial charge in [0.05, 0.1) is 0 Å². The van der Waals surface area contributed by atoms with Crippen LogP contribution in [0.1, 0.15) is 0 Å². The third kappa shape index (κ3) is 12.7. The second-order valence-corrected chi connectivity index (χ2v) is 34.7. The van der Waals surface area contributed by atoms with Crippen LogP contribution in [0.3, 0.4) is 0 Å². The lowest BCUT2D eigenvalue weighted by molar-refractivity contribution is 0.669. The summed E-state index contributed by atoms with van der Waals surface area (Å²) in [5.41, 5.74) is 25.3. The van der Waals surface area contributed by atoms with Gasteiger partial charge in [0.15, 0.2) is 0 Å². The Bertz CT molecular complexity index is 9380. The molecule has 0 radical (unpaired) electrons. The molecule has 608 valence electrons. The van der Waals surface area contributed by atoms with Crippen LogP contribution in [-0.2, 0) is 0 Å². The van der Waals surface area contributed by atoms with Gasteiger partial charge in [-0.15, -0.1) is 0 Å². The number of hydrogen-bond donors (Lipinski definition) is 0. The number of benzene rings is 25. The van der Waals surface area contributed by atoms with Crippen LogP contribution >= 0.6 is 0 Å². The minimum atomic E-state index is 0.913. The van der Waals surface area contributed by atoms with E-state index in [-0.39, 0.29) is 0 Å². The van der Waals surface area contributed by atoms with Crippen molar-refractivity contribution in [3.63, 3.8) is 0 Å². The zero-order valence-corrected chi connectivity index (χ0v) is 71.3. The number of fused-ring (bicyclic) bond motifs is 20. The Morgan fingerprint density at radius 2 is 0.336 bits per heavy atom. The van der Waals surface area contributed by atoms with E-state index in [4.69, 9.17) is 13.3 Å². The molecule has 0 spiro atoms. The summed E-state index contributed by atoms with van der Waals surface area (Å²) >= 11 is 0. The molecule has 0 fully saturated rings. The largest absolute Gasteiger partial charge is 0.456 e. The van der Waals surface area contributed by atoms with Crippen molar-refractivity contribution in [2.75, 3.05) is 0 Å². The third-order valence-electron chi connectivity index (χ3n) is 27.2. The molecule has 28 rings (SSSR count). The van der Waals surface area contributed by atoms with Crippen LogP contribution in [0.15, 0.2) is 486 Å². The predicted octanol–water partition coefficient (Wildman–Crippen LogP) is 36.8. The van der Waals surface area contributed by atoms with E-state index < -0.39 is 0 Å². The van der Waals surface area contributed by atoms with Crippen LogP contribution in [0.25, 0.3) is 273 Å². The summed E-state index contributed by atoms with van der Waals surface area (Å²) in [6, 6.07) is 171. The van der Waals surface area contributed by atoms with Gasteiger partial charge in [0.2, 0.25) is 0 Å². The topological polar surface area (TPSA) is 39.4 Å². The van der Waals surface area contributed by atoms with Crippen LogP contribution in [0.4, 0.5) is 0 Å². The maximum Gasteiger partial charge on any atom is 0.136 e. The fourth-order valence-corrected chi connectivity index (χ4v) is 21.2. The van der Waals surface area contributed by atoms with E-state index in [1.54, 1.807) is 0 Å². The van der Waals surface area contributed by atoms with Crippen molar-refractivity contribution in [3.8, 4) is 89.0 Å². The Kier molecular flexibility index (Phi) is 17.7. The maximum atomic E-state index is 6.37. The molecule has 3 heteroatoms. The van der Waals surface area contributed by atoms with Crippen molar-refractivity contribution in [3.05, 3.63) is 473 Å². The Balaban J connectivity index is 0.000000103. The Morgan fingerprint density at radius 1 is 0.0992 bits per heavy atom.